The van der Waals surface area contributed by atoms with Crippen LogP contribution < -0.4 is 11.3 Å². The van der Waals surface area contributed by atoms with Crippen LogP contribution in [0.2, 0.25) is 0 Å². The smallest absolute Gasteiger partial charge is 0.251 e. The Bertz CT molecular complexity index is 368. The summed E-state index contributed by atoms with van der Waals surface area (Å²) in [7, 11) is 0. The normalized spacial score (nSPS) is 10.9. The second-order valence-electron chi connectivity index (χ2n) is 4.06. The lowest BCUT2D eigenvalue weighted by Crippen LogP contribution is -2.33. The number of nitrogens with one attached hydrogen (secondary N) is 1. The van der Waals surface area contributed by atoms with Crippen molar-refractivity contribution in [1.82, 2.24) is 9.97 Å². The Morgan fingerprint density at radius 1 is 1.53 bits per heavy atom. The van der Waals surface area contributed by atoms with E-state index in [1.54, 1.807) is 0 Å². The van der Waals surface area contributed by atoms with E-state index in [2.05, 4.69) is 16.9 Å². The van der Waals surface area contributed by atoms with E-state index in [9.17, 15) is 4.79 Å². The molecule has 0 atom stereocenters. The molecular weight excluding hydrogens is 214 g/mol. The Morgan fingerprint density at radius 3 is 2.60 bits per heavy atom. The van der Waals surface area contributed by atoms with Gasteiger partial charge >= 0.3 is 0 Å². The van der Waals surface area contributed by atoms with Crippen molar-refractivity contribution in [2.75, 3.05) is 0 Å². The maximum absolute atomic E-state index is 11.3. The van der Waals surface area contributed by atoms with Crippen LogP contribution in [0.5, 0.6) is 0 Å². The molecule has 0 aliphatic heterocycles. The van der Waals surface area contributed by atoms with Crippen molar-refractivity contribution < 1.29 is 0 Å². The summed E-state index contributed by atoms with van der Waals surface area (Å²) in [5, 5.41) is 0. The summed E-state index contributed by atoms with van der Waals surface area (Å²) in [6.07, 6.45) is 1.79. The molecule has 0 bridgehead atoms. The van der Waals surface area contributed by atoms with E-state index >= 15 is 0 Å². The van der Waals surface area contributed by atoms with Crippen LogP contribution in [0.4, 0.5) is 0 Å². The van der Waals surface area contributed by atoms with Gasteiger partial charge in [-0.25, -0.2) is 4.98 Å². The van der Waals surface area contributed by atoms with Crippen molar-refractivity contribution in [3.8, 4) is 0 Å². The first-order valence-corrected chi connectivity index (χ1v) is 4.83. The standard InChI is InChI=1S/C10H17N3O.ClH/c1-4-5-7-6-8(14)13-9(12-7)10(2,3)11;/h6H,4-5,11H2,1-3H3,(H,12,13,14);1H. The second kappa shape index (κ2) is 5.28. The highest BCUT2D eigenvalue weighted by molar-refractivity contribution is 5.85. The topological polar surface area (TPSA) is 71.8 Å². The van der Waals surface area contributed by atoms with Gasteiger partial charge in [0.15, 0.2) is 0 Å². The SMILES string of the molecule is CCCc1cc(=O)[nH]c(C(C)(C)N)n1.Cl. The van der Waals surface area contributed by atoms with Gasteiger partial charge in [0, 0.05) is 11.8 Å². The molecule has 0 unspecified atom stereocenters. The van der Waals surface area contributed by atoms with E-state index in [-0.39, 0.29) is 18.0 Å². The molecule has 5 heteroatoms. The van der Waals surface area contributed by atoms with Crippen LogP contribution >= 0.6 is 12.4 Å². The summed E-state index contributed by atoms with van der Waals surface area (Å²) in [5.74, 6) is 0.549. The van der Waals surface area contributed by atoms with E-state index in [0.29, 0.717) is 5.82 Å². The van der Waals surface area contributed by atoms with Crippen LogP contribution in [0.3, 0.4) is 0 Å². The van der Waals surface area contributed by atoms with E-state index in [4.69, 9.17) is 5.73 Å². The van der Waals surface area contributed by atoms with E-state index in [1.807, 2.05) is 13.8 Å². The van der Waals surface area contributed by atoms with Gasteiger partial charge in [0.2, 0.25) is 0 Å². The molecular formula is C10H18ClN3O. The summed E-state index contributed by atoms with van der Waals surface area (Å²) >= 11 is 0. The van der Waals surface area contributed by atoms with Gasteiger partial charge in [-0.2, -0.15) is 0 Å². The average molecular weight is 232 g/mol. The fraction of sp³-hybridized carbons (Fsp3) is 0.600. The van der Waals surface area contributed by atoms with Crippen LogP contribution in [0.1, 0.15) is 38.7 Å². The first kappa shape index (κ1) is 14.1. The van der Waals surface area contributed by atoms with Gasteiger partial charge in [-0.3, -0.25) is 4.79 Å². The molecule has 15 heavy (non-hydrogen) atoms. The Balaban J connectivity index is 0.00000196. The number of aromatic nitrogens is 2. The molecule has 1 heterocycles. The Kier molecular flexibility index (Phi) is 4.97. The molecule has 0 fully saturated rings. The number of aryl methyl sites for hydroxylation is 1. The highest BCUT2D eigenvalue weighted by Crippen LogP contribution is 2.10. The molecule has 1 aromatic rings. The lowest BCUT2D eigenvalue weighted by molar-refractivity contribution is 0.508. The zero-order valence-corrected chi connectivity index (χ0v) is 10.1. The van der Waals surface area contributed by atoms with E-state index < -0.39 is 5.54 Å². The third-order valence-corrected chi connectivity index (χ3v) is 1.91. The number of aromatic amines is 1. The summed E-state index contributed by atoms with van der Waals surface area (Å²) in [4.78, 5) is 18.2. The lowest BCUT2D eigenvalue weighted by atomic mass is 10.1. The summed E-state index contributed by atoms with van der Waals surface area (Å²) in [6, 6.07) is 1.53. The van der Waals surface area contributed by atoms with E-state index in [1.165, 1.54) is 6.07 Å². The van der Waals surface area contributed by atoms with Crippen LogP contribution in [0.25, 0.3) is 0 Å². The molecule has 0 aliphatic carbocycles. The minimum absolute atomic E-state index is 0. The van der Waals surface area contributed by atoms with Crippen molar-refractivity contribution in [2.24, 2.45) is 5.73 Å². The van der Waals surface area contributed by atoms with Crippen molar-refractivity contribution >= 4 is 12.4 Å². The number of hydrogen-bond acceptors (Lipinski definition) is 3. The Hall–Kier alpha value is -0.870. The predicted molar refractivity (Wildman–Crippen MR) is 63.3 cm³/mol. The van der Waals surface area contributed by atoms with Gasteiger partial charge in [-0.15, -0.1) is 12.4 Å². The van der Waals surface area contributed by atoms with Crippen LogP contribution in [-0.4, -0.2) is 9.97 Å². The minimum Gasteiger partial charge on any atom is -0.319 e. The largest absolute Gasteiger partial charge is 0.319 e. The molecule has 4 nitrogen and oxygen atoms in total. The van der Waals surface area contributed by atoms with Gasteiger partial charge in [0.25, 0.3) is 5.56 Å². The molecule has 86 valence electrons. The Morgan fingerprint density at radius 2 is 2.13 bits per heavy atom. The number of rotatable bonds is 3. The minimum atomic E-state index is -0.594. The highest BCUT2D eigenvalue weighted by Gasteiger charge is 2.17. The molecule has 0 aliphatic rings. The number of H-pyrrole nitrogens is 1. The quantitative estimate of drug-likeness (QED) is 0.825. The van der Waals surface area contributed by atoms with Crippen molar-refractivity contribution in [2.45, 2.75) is 39.2 Å². The van der Waals surface area contributed by atoms with Crippen molar-refractivity contribution in [3.63, 3.8) is 0 Å². The molecule has 1 aromatic heterocycles. The molecule has 0 aromatic carbocycles. The average Bonchev–Trinajstić information content (AvgIpc) is 2.02. The molecule has 1 rings (SSSR count). The Labute approximate surface area is 95.7 Å². The number of halogens is 1. The fourth-order valence-electron chi connectivity index (χ4n) is 1.20. The van der Waals surface area contributed by atoms with Crippen LogP contribution in [0.15, 0.2) is 10.9 Å². The maximum atomic E-state index is 11.3. The first-order chi connectivity index (χ1) is 6.43. The third-order valence-electron chi connectivity index (χ3n) is 1.91. The third kappa shape index (κ3) is 4.01. The number of nitrogens with two attached hydrogens (primary N) is 1. The van der Waals surface area contributed by atoms with Crippen LogP contribution in [0, 0.1) is 0 Å². The first-order valence-electron chi connectivity index (χ1n) is 4.83. The monoisotopic (exact) mass is 231 g/mol. The van der Waals surface area contributed by atoms with Gasteiger partial charge < -0.3 is 10.7 Å². The number of nitrogens with zero attached hydrogens (tertiary/aromatic N) is 1. The molecule has 0 saturated carbocycles. The molecule has 0 radical (unpaired) electrons. The number of hydrogen-bond donors (Lipinski definition) is 2. The highest BCUT2D eigenvalue weighted by atomic mass is 35.5. The zero-order chi connectivity index (χ0) is 10.8. The maximum Gasteiger partial charge on any atom is 0.251 e. The zero-order valence-electron chi connectivity index (χ0n) is 9.33. The predicted octanol–water partition coefficient (Wildman–Crippen LogP) is 1.34. The van der Waals surface area contributed by atoms with Gasteiger partial charge in [-0.05, 0) is 20.3 Å². The fourth-order valence-corrected chi connectivity index (χ4v) is 1.20. The summed E-state index contributed by atoms with van der Waals surface area (Å²) < 4.78 is 0. The molecule has 3 N–H and O–H groups in total. The van der Waals surface area contributed by atoms with E-state index in [0.717, 1.165) is 18.5 Å². The molecule has 0 saturated heterocycles. The summed E-state index contributed by atoms with van der Waals surface area (Å²) in [5.41, 5.74) is 5.95. The lowest BCUT2D eigenvalue weighted by Gasteiger charge is -2.17. The van der Waals surface area contributed by atoms with Crippen LogP contribution in [-0.2, 0) is 12.0 Å². The van der Waals surface area contributed by atoms with Crippen molar-refractivity contribution in [1.29, 1.82) is 0 Å². The molecule has 0 spiro atoms. The summed E-state index contributed by atoms with van der Waals surface area (Å²) in [6.45, 7) is 5.69. The second-order valence-corrected chi connectivity index (χ2v) is 4.06. The molecule has 0 amide bonds. The van der Waals surface area contributed by atoms with Gasteiger partial charge in [-0.1, -0.05) is 13.3 Å². The van der Waals surface area contributed by atoms with Gasteiger partial charge in [0.05, 0.1) is 5.54 Å². The van der Waals surface area contributed by atoms with Crippen molar-refractivity contribution in [3.05, 3.63) is 27.9 Å². The van der Waals surface area contributed by atoms with Gasteiger partial charge in [0.1, 0.15) is 5.82 Å².